The van der Waals surface area contributed by atoms with Gasteiger partial charge in [-0.05, 0) is 26.2 Å². The number of terminal acetylenes is 1. The van der Waals surface area contributed by atoms with Crippen LogP contribution in [0.5, 0.6) is 0 Å². The van der Waals surface area contributed by atoms with E-state index in [4.69, 9.17) is 11.5 Å². The number of carbonyl (C=O) groups excluding carboxylic acids is 1. The van der Waals surface area contributed by atoms with E-state index in [1.54, 1.807) is 6.92 Å². The van der Waals surface area contributed by atoms with Gasteiger partial charge in [0, 0.05) is 18.9 Å². The first-order valence-corrected chi connectivity index (χ1v) is 4.27. The van der Waals surface area contributed by atoms with Crippen molar-refractivity contribution in [1.82, 2.24) is 0 Å². The average Bonchev–Trinajstić information content (AvgIpc) is 2.03. The predicted molar refractivity (Wildman–Crippen MR) is 48.6 cm³/mol. The lowest BCUT2D eigenvalue weighted by molar-refractivity contribution is -0.121. The first-order valence-electron chi connectivity index (χ1n) is 4.27. The second-order valence-corrected chi connectivity index (χ2v) is 2.92. The van der Waals surface area contributed by atoms with Crippen LogP contribution in [0.15, 0.2) is 0 Å². The number of aliphatic hydroxyl groups excluding tert-OH is 1. The zero-order valence-corrected chi connectivity index (χ0v) is 7.55. The van der Waals surface area contributed by atoms with Crippen molar-refractivity contribution in [1.29, 1.82) is 0 Å². The third-order valence-electron chi connectivity index (χ3n) is 1.93. The molecule has 0 heterocycles. The molecule has 0 radical (unpaired) electrons. The lowest BCUT2D eigenvalue weighted by Gasteiger charge is -2.10. The summed E-state index contributed by atoms with van der Waals surface area (Å²) in [4.78, 5) is 11.0. The highest BCUT2D eigenvalue weighted by atomic mass is 16.3. The zero-order valence-electron chi connectivity index (χ0n) is 7.55. The monoisotopic (exact) mass is 168 g/mol. The van der Waals surface area contributed by atoms with Crippen molar-refractivity contribution in [3.8, 4) is 12.3 Å². The van der Waals surface area contributed by atoms with E-state index in [1.165, 1.54) is 0 Å². The van der Waals surface area contributed by atoms with E-state index < -0.39 is 0 Å². The van der Waals surface area contributed by atoms with Gasteiger partial charge in [0.2, 0.25) is 0 Å². The molecule has 0 aliphatic rings. The van der Waals surface area contributed by atoms with E-state index in [0.29, 0.717) is 6.42 Å². The minimum absolute atomic E-state index is 0.00310. The number of rotatable bonds is 6. The molecular weight excluding hydrogens is 152 g/mol. The van der Waals surface area contributed by atoms with Crippen molar-refractivity contribution in [2.24, 2.45) is 5.92 Å². The number of unbranched alkanes of at least 4 members (excludes halogenated alkanes) is 1. The second kappa shape index (κ2) is 6.87. The molecule has 0 aliphatic carbocycles. The molecule has 2 nitrogen and oxygen atoms in total. The van der Waals surface area contributed by atoms with Crippen molar-refractivity contribution in [3.63, 3.8) is 0 Å². The maximum atomic E-state index is 11.0. The molecule has 0 aromatic heterocycles. The standard InChI is InChI=1S/C10H16O2/c1-3-4-5-6-10(7-8-11)9(2)12/h1,10-11H,4-8H2,2H3. The smallest absolute Gasteiger partial charge is 0.132 e. The molecule has 0 bridgehead atoms. The summed E-state index contributed by atoms with van der Waals surface area (Å²) in [6, 6.07) is 0. The molecule has 1 N–H and O–H groups in total. The van der Waals surface area contributed by atoms with Crippen LogP contribution in [0.2, 0.25) is 0 Å². The van der Waals surface area contributed by atoms with Crippen LogP contribution in [-0.4, -0.2) is 17.5 Å². The molecule has 0 rings (SSSR count). The van der Waals surface area contributed by atoms with E-state index in [0.717, 1.165) is 19.3 Å². The van der Waals surface area contributed by atoms with Gasteiger partial charge in [0.1, 0.15) is 5.78 Å². The van der Waals surface area contributed by atoms with Gasteiger partial charge >= 0.3 is 0 Å². The largest absolute Gasteiger partial charge is 0.396 e. The summed E-state index contributed by atoms with van der Waals surface area (Å²) in [7, 11) is 0. The molecule has 1 atom stereocenters. The van der Waals surface area contributed by atoms with E-state index in [9.17, 15) is 4.79 Å². The molecule has 12 heavy (non-hydrogen) atoms. The molecule has 0 aromatic rings. The Bertz CT molecular complexity index is 167. The van der Waals surface area contributed by atoms with Gasteiger partial charge in [0.15, 0.2) is 0 Å². The summed E-state index contributed by atoms with van der Waals surface area (Å²) >= 11 is 0. The van der Waals surface area contributed by atoms with Gasteiger partial charge in [-0.1, -0.05) is 0 Å². The Morgan fingerprint density at radius 1 is 1.58 bits per heavy atom. The highest BCUT2D eigenvalue weighted by molar-refractivity contribution is 5.78. The summed E-state index contributed by atoms with van der Waals surface area (Å²) in [5, 5.41) is 8.65. The summed E-state index contributed by atoms with van der Waals surface area (Å²) < 4.78 is 0. The number of aliphatic hydroxyl groups is 1. The fraction of sp³-hybridized carbons (Fsp3) is 0.700. The summed E-state index contributed by atoms with van der Waals surface area (Å²) in [5.74, 6) is 2.69. The fourth-order valence-corrected chi connectivity index (χ4v) is 1.16. The molecule has 0 amide bonds. The molecule has 68 valence electrons. The molecule has 1 unspecified atom stereocenters. The Morgan fingerprint density at radius 3 is 2.67 bits per heavy atom. The van der Waals surface area contributed by atoms with Gasteiger partial charge in [-0.25, -0.2) is 0 Å². The fourth-order valence-electron chi connectivity index (χ4n) is 1.16. The maximum Gasteiger partial charge on any atom is 0.132 e. The first-order chi connectivity index (χ1) is 5.72. The Morgan fingerprint density at radius 2 is 2.25 bits per heavy atom. The zero-order chi connectivity index (χ0) is 9.40. The lowest BCUT2D eigenvalue weighted by atomic mass is 9.95. The van der Waals surface area contributed by atoms with E-state index in [-0.39, 0.29) is 18.3 Å². The van der Waals surface area contributed by atoms with Crippen LogP contribution in [0, 0.1) is 18.3 Å². The van der Waals surface area contributed by atoms with Crippen molar-refractivity contribution >= 4 is 5.78 Å². The minimum atomic E-state index is 0.00310. The van der Waals surface area contributed by atoms with Crippen molar-refractivity contribution in [2.75, 3.05) is 6.61 Å². The van der Waals surface area contributed by atoms with Crippen molar-refractivity contribution in [3.05, 3.63) is 0 Å². The quantitative estimate of drug-likeness (QED) is 0.480. The van der Waals surface area contributed by atoms with Crippen molar-refractivity contribution < 1.29 is 9.90 Å². The number of ketones is 1. The molecule has 0 saturated carbocycles. The molecule has 0 aliphatic heterocycles. The molecule has 2 heteroatoms. The number of hydrogen-bond acceptors (Lipinski definition) is 2. The van der Waals surface area contributed by atoms with Gasteiger partial charge in [-0.15, -0.1) is 12.3 Å². The minimum Gasteiger partial charge on any atom is -0.396 e. The van der Waals surface area contributed by atoms with Crippen LogP contribution in [0.4, 0.5) is 0 Å². The molecule has 0 saturated heterocycles. The van der Waals surface area contributed by atoms with Crippen LogP contribution < -0.4 is 0 Å². The Hall–Kier alpha value is -0.810. The lowest BCUT2D eigenvalue weighted by Crippen LogP contribution is -2.12. The summed E-state index contributed by atoms with van der Waals surface area (Å²) in [6.07, 6.45) is 8.05. The maximum absolute atomic E-state index is 11.0. The second-order valence-electron chi connectivity index (χ2n) is 2.92. The van der Waals surface area contributed by atoms with Gasteiger partial charge in [-0.3, -0.25) is 4.79 Å². The Labute approximate surface area is 74.0 Å². The predicted octanol–water partition coefficient (Wildman–Crippen LogP) is 1.38. The van der Waals surface area contributed by atoms with Gasteiger partial charge < -0.3 is 5.11 Å². The molecule has 0 spiro atoms. The van der Waals surface area contributed by atoms with E-state index >= 15 is 0 Å². The Kier molecular flexibility index (Phi) is 6.41. The van der Waals surface area contributed by atoms with E-state index in [1.807, 2.05) is 0 Å². The SMILES string of the molecule is C#CCCCC(CCO)C(C)=O. The topological polar surface area (TPSA) is 37.3 Å². The molecule has 0 fully saturated rings. The van der Waals surface area contributed by atoms with Gasteiger partial charge in [0.25, 0.3) is 0 Å². The first kappa shape index (κ1) is 11.2. The average molecular weight is 168 g/mol. The van der Waals surface area contributed by atoms with E-state index in [2.05, 4.69) is 5.92 Å². The molecular formula is C10H16O2. The van der Waals surface area contributed by atoms with Crippen LogP contribution in [0.3, 0.4) is 0 Å². The highest BCUT2D eigenvalue weighted by Gasteiger charge is 2.12. The van der Waals surface area contributed by atoms with Crippen LogP contribution in [0.1, 0.15) is 32.6 Å². The van der Waals surface area contributed by atoms with Crippen LogP contribution in [0.25, 0.3) is 0 Å². The normalized spacial score (nSPS) is 12.1. The number of carbonyl (C=O) groups is 1. The Balaban J connectivity index is 3.65. The third kappa shape index (κ3) is 4.92. The van der Waals surface area contributed by atoms with Crippen LogP contribution >= 0.6 is 0 Å². The summed E-state index contributed by atoms with van der Waals surface area (Å²) in [6.45, 7) is 1.65. The molecule has 0 aromatic carbocycles. The summed E-state index contributed by atoms with van der Waals surface area (Å²) in [5.41, 5.74) is 0. The highest BCUT2D eigenvalue weighted by Crippen LogP contribution is 2.13. The third-order valence-corrected chi connectivity index (χ3v) is 1.93. The van der Waals surface area contributed by atoms with Crippen LogP contribution in [-0.2, 0) is 4.79 Å². The van der Waals surface area contributed by atoms with Crippen molar-refractivity contribution in [2.45, 2.75) is 32.6 Å². The van der Waals surface area contributed by atoms with Gasteiger partial charge in [0.05, 0.1) is 0 Å². The van der Waals surface area contributed by atoms with Gasteiger partial charge in [-0.2, -0.15) is 0 Å². The number of hydrogen-bond donors (Lipinski definition) is 1. The number of Topliss-reactive ketones (excluding diaryl/α,β-unsaturated/α-hetero) is 1.